The molecule has 0 amide bonds. The Kier molecular flexibility index (Phi) is 4.95. The molecule has 0 heterocycles. The van der Waals surface area contributed by atoms with Crippen LogP contribution in [0, 0.1) is 0 Å². The molecule has 0 bridgehead atoms. The van der Waals surface area contributed by atoms with Gasteiger partial charge in [0.05, 0.1) is 7.11 Å². The lowest BCUT2D eigenvalue weighted by Crippen LogP contribution is -2.57. The predicted octanol–water partition coefficient (Wildman–Crippen LogP) is 1.40. The van der Waals surface area contributed by atoms with Gasteiger partial charge in [-0.15, -0.1) is 0 Å². The van der Waals surface area contributed by atoms with Crippen LogP contribution in [0.4, 0.5) is 0 Å². The highest BCUT2D eigenvalue weighted by molar-refractivity contribution is 5.81. The molecular weight excluding hydrogens is 216 g/mol. The summed E-state index contributed by atoms with van der Waals surface area (Å²) in [6.07, 6.45) is 3.94. The van der Waals surface area contributed by atoms with E-state index in [0.717, 1.165) is 25.7 Å². The van der Waals surface area contributed by atoms with Crippen LogP contribution in [0.15, 0.2) is 0 Å². The molecule has 2 atom stereocenters. The molecule has 4 heteroatoms. The minimum absolute atomic E-state index is 0.123. The average molecular weight is 242 g/mol. The number of carbonyl (C=O) groups excluding carboxylic acids is 1. The maximum absolute atomic E-state index is 12.0. The molecule has 1 aliphatic carbocycles. The van der Waals surface area contributed by atoms with Crippen LogP contribution in [0.2, 0.25) is 0 Å². The number of carbonyl (C=O) groups is 1. The number of rotatable bonds is 4. The van der Waals surface area contributed by atoms with Gasteiger partial charge in [-0.1, -0.05) is 0 Å². The first-order valence-electron chi connectivity index (χ1n) is 6.46. The normalized spacial score (nSPS) is 29.7. The Hall–Kier alpha value is -0.610. The zero-order chi connectivity index (χ0) is 13.1. The molecule has 0 aromatic rings. The Morgan fingerprint density at radius 1 is 1.53 bits per heavy atom. The van der Waals surface area contributed by atoms with Crippen molar-refractivity contribution in [3.8, 4) is 0 Å². The summed E-state index contributed by atoms with van der Waals surface area (Å²) in [4.78, 5) is 14.3. The highest BCUT2D eigenvalue weighted by Gasteiger charge is 2.43. The summed E-state index contributed by atoms with van der Waals surface area (Å²) < 4.78 is 4.95. The van der Waals surface area contributed by atoms with Crippen molar-refractivity contribution in [1.82, 2.24) is 10.2 Å². The maximum Gasteiger partial charge on any atom is 0.326 e. The van der Waals surface area contributed by atoms with Crippen LogP contribution in [-0.2, 0) is 9.53 Å². The van der Waals surface area contributed by atoms with Crippen LogP contribution in [0.3, 0.4) is 0 Å². The Balaban J connectivity index is 2.79. The van der Waals surface area contributed by atoms with Gasteiger partial charge in [0.15, 0.2) is 0 Å². The second-order valence-electron chi connectivity index (χ2n) is 5.33. The molecule has 1 N–H and O–H groups in total. The van der Waals surface area contributed by atoms with Gasteiger partial charge in [-0.05, 0) is 53.6 Å². The number of hydrogen-bond donors (Lipinski definition) is 1. The fourth-order valence-electron chi connectivity index (χ4n) is 2.72. The van der Waals surface area contributed by atoms with E-state index in [4.69, 9.17) is 4.74 Å². The summed E-state index contributed by atoms with van der Waals surface area (Å²) >= 11 is 0. The third kappa shape index (κ3) is 2.99. The lowest BCUT2D eigenvalue weighted by Gasteiger charge is -2.43. The van der Waals surface area contributed by atoms with Crippen LogP contribution in [0.25, 0.3) is 0 Å². The molecule has 100 valence electrons. The molecule has 0 radical (unpaired) electrons. The number of esters is 1. The van der Waals surface area contributed by atoms with Crippen molar-refractivity contribution in [2.75, 3.05) is 21.2 Å². The fraction of sp³-hybridized carbons (Fsp3) is 0.923. The van der Waals surface area contributed by atoms with Crippen LogP contribution in [0.5, 0.6) is 0 Å². The van der Waals surface area contributed by atoms with E-state index >= 15 is 0 Å². The van der Waals surface area contributed by atoms with E-state index in [1.807, 2.05) is 7.05 Å². The summed E-state index contributed by atoms with van der Waals surface area (Å²) in [5, 5.41) is 3.19. The van der Waals surface area contributed by atoms with Crippen molar-refractivity contribution in [1.29, 1.82) is 0 Å². The van der Waals surface area contributed by atoms with Crippen molar-refractivity contribution in [2.45, 2.75) is 57.2 Å². The van der Waals surface area contributed by atoms with Gasteiger partial charge < -0.3 is 15.0 Å². The summed E-state index contributed by atoms with van der Waals surface area (Å²) in [6.45, 7) is 4.38. The number of nitrogens with one attached hydrogen (secondary N) is 1. The van der Waals surface area contributed by atoms with Crippen molar-refractivity contribution in [3.05, 3.63) is 0 Å². The van der Waals surface area contributed by atoms with Crippen molar-refractivity contribution >= 4 is 5.97 Å². The number of hydrogen-bond acceptors (Lipinski definition) is 4. The van der Waals surface area contributed by atoms with Gasteiger partial charge in [0.2, 0.25) is 0 Å². The second kappa shape index (κ2) is 5.83. The summed E-state index contributed by atoms with van der Waals surface area (Å²) in [6, 6.07) is 0.959. The number of methoxy groups -OCH3 is 1. The Bertz CT molecular complexity index is 268. The molecular formula is C13H26N2O2. The van der Waals surface area contributed by atoms with E-state index in [2.05, 4.69) is 31.1 Å². The summed E-state index contributed by atoms with van der Waals surface area (Å²) in [5.41, 5.74) is -0.485. The standard InChI is InChI=1S/C13H26N2O2/c1-10(2)15(4)11-7-6-8-13(9-11,14-3)12(16)17-5/h10-11,14H,6-9H2,1-5H3. The van der Waals surface area contributed by atoms with Gasteiger partial charge in [-0.25, -0.2) is 0 Å². The first-order chi connectivity index (χ1) is 7.96. The topological polar surface area (TPSA) is 41.6 Å². The van der Waals surface area contributed by atoms with Crippen LogP contribution >= 0.6 is 0 Å². The third-order valence-corrected chi connectivity index (χ3v) is 4.17. The molecule has 17 heavy (non-hydrogen) atoms. The van der Waals surface area contributed by atoms with E-state index in [1.54, 1.807) is 0 Å². The third-order valence-electron chi connectivity index (χ3n) is 4.17. The summed E-state index contributed by atoms with van der Waals surface area (Å²) in [5.74, 6) is -0.123. The van der Waals surface area contributed by atoms with Crippen molar-refractivity contribution in [2.24, 2.45) is 0 Å². The molecule has 2 unspecified atom stereocenters. The van der Waals surface area contributed by atoms with E-state index in [0.29, 0.717) is 12.1 Å². The maximum atomic E-state index is 12.0. The molecule has 0 aromatic heterocycles. The number of likely N-dealkylation sites (N-methyl/N-ethyl adjacent to an activating group) is 1. The lowest BCUT2D eigenvalue weighted by atomic mass is 9.78. The van der Waals surface area contributed by atoms with Gasteiger partial charge in [-0.3, -0.25) is 4.79 Å². The largest absolute Gasteiger partial charge is 0.468 e. The molecule has 0 aliphatic heterocycles. The minimum atomic E-state index is -0.485. The minimum Gasteiger partial charge on any atom is -0.468 e. The van der Waals surface area contributed by atoms with Gasteiger partial charge in [0.25, 0.3) is 0 Å². The Morgan fingerprint density at radius 2 is 2.18 bits per heavy atom. The lowest BCUT2D eigenvalue weighted by molar-refractivity contribution is -0.151. The van der Waals surface area contributed by atoms with Crippen LogP contribution in [0.1, 0.15) is 39.5 Å². The van der Waals surface area contributed by atoms with E-state index in [1.165, 1.54) is 7.11 Å². The zero-order valence-electron chi connectivity index (χ0n) is 11.7. The highest BCUT2D eigenvalue weighted by Crippen LogP contribution is 2.32. The highest BCUT2D eigenvalue weighted by atomic mass is 16.5. The first-order valence-corrected chi connectivity index (χ1v) is 6.46. The molecule has 4 nitrogen and oxygen atoms in total. The monoisotopic (exact) mass is 242 g/mol. The molecule has 1 fully saturated rings. The number of nitrogens with zero attached hydrogens (tertiary/aromatic N) is 1. The SMILES string of the molecule is CNC1(C(=O)OC)CCCC(N(C)C(C)C)C1. The Labute approximate surface area is 105 Å². The molecule has 0 aromatic carbocycles. The average Bonchev–Trinajstić information content (AvgIpc) is 2.36. The molecule has 0 saturated heterocycles. The summed E-state index contributed by atoms with van der Waals surface area (Å²) in [7, 11) is 5.46. The van der Waals surface area contributed by atoms with Gasteiger partial charge >= 0.3 is 5.97 Å². The van der Waals surface area contributed by atoms with Gasteiger partial charge in [0.1, 0.15) is 5.54 Å². The van der Waals surface area contributed by atoms with E-state index in [9.17, 15) is 4.79 Å². The van der Waals surface area contributed by atoms with Gasteiger partial charge in [-0.2, -0.15) is 0 Å². The zero-order valence-corrected chi connectivity index (χ0v) is 11.7. The molecule has 1 aliphatic rings. The predicted molar refractivity (Wildman–Crippen MR) is 69.0 cm³/mol. The molecule has 1 saturated carbocycles. The molecule has 0 spiro atoms. The second-order valence-corrected chi connectivity index (χ2v) is 5.33. The fourth-order valence-corrected chi connectivity index (χ4v) is 2.72. The Morgan fingerprint density at radius 3 is 2.65 bits per heavy atom. The molecule has 1 rings (SSSR count). The van der Waals surface area contributed by atoms with E-state index in [-0.39, 0.29) is 5.97 Å². The quantitative estimate of drug-likeness (QED) is 0.757. The van der Waals surface area contributed by atoms with Gasteiger partial charge in [0, 0.05) is 12.1 Å². The van der Waals surface area contributed by atoms with Crippen molar-refractivity contribution < 1.29 is 9.53 Å². The van der Waals surface area contributed by atoms with Crippen molar-refractivity contribution in [3.63, 3.8) is 0 Å². The smallest absolute Gasteiger partial charge is 0.326 e. The number of ether oxygens (including phenoxy) is 1. The van der Waals surface area contributed by atoms with Crippen LogP contribution < -0.4 is 5.32 Å². The van der Waals surface area contributed by atoms with E-state index < -0.39 is 5.54 Å². The van der Waals surface area contributed by atoms with Crippen LogP contribution in [-0.4, -0.2) is 49.7 Å². The first kappa shape index (κ1) is 14.5.